The zero-order valence-corrected chi connectivity index (χ0v) is 14.9. The van der Waals surface area contributed by atoms with Crippen LogP contribution in [0.5, 0.6) is 0 Å². The highest BCUT2D eigenvalue weighted by Gasteiger charge is 2.27. The average molecular weight is 346 g/mol. The summed E-state index contributed by atoms with van der Waals surface area (Å²) in [6.45, 7) is 3.83. The second-order valence-electron chi connectivity index (χ2n) is 6.72. The summed E-state index contributed by atoms with van der Waals surface area (Å²) in [6.07, 6.45) is 2.99. The fourth-order valence-electron chi connectivity index (χ4n) is 3.92. The van der Waals surface area contributed by atoms with Gasteiger partial charge in [-0.05, 0) is 30.4 Å². The van der Waals surface area contributed by atoms with Gasteiger partial charge in [-0.3, -0.25) is 0 Å². The first-order valence-electron chi connectivity index (χ1n) is 9.20. The van der Waals surface area contributed by atoms with Crippen molar-refractivity contribution >= 4 is 22.6 Å². The van der Waals surface area contributed by atoms with Crippen LogP contribution in [-0.2, 0) is 6.42 Å². The predicted octanol–water partition coefficient (Wildman–Crippen LogP) is 4.76. The first-order chi connectivity index (χ1) is 12.7. The SMILES string of the molecule is CCc1cccc2c(-c3ccccc3)c(N3CCCC3)c(C(=O)O)nc12. The van der Waals surface area contributed by atoms with E-state index in [-0.39, 0.29) is 5.69 Å². The Morgan fingerprint density at radius 2 is 1.81 bits per heavy atom. The van der Waals surface area contributed by atoms with Crippen LogP contribution >= 0.6 is 0 Å². The van der Waals surface area contributed by atoms with Crippen LogP contribution in [0.15, 0.2) is 48.5 Å². The van der Waals surface area contributed by atoms with Crippen LogP contribution in [0.25, 0.3) is 22.0 Å². The number of para-hydroxylation sites is 1. The molecule has 1 aromatic heterocycles. The number of rotatable bonds is 4. The summed E-state index contributed by atoms with van der Waals surface area (Å²) in [5, 5.41) is 11.0. The van der Waals surface area contributed by atoms with Crippen molar-refractivity contribution in [2.45, 2.75) is 26.2 Å². The predicted molar refractivity (Wildman–Crippen MR) is 105 cm³/mol. The maximum Gasteiger partial charge on any atom is 0.356 e. The van der Waals surface area contributed by atoms with Gasteiger partial charge < -0.3 is 10.0 Å². The Balaban J connectivity index is 2.14. The van der Waals surface area contributed by atoms with E-state index in [4.69, 9.17) is 0 Å². The van der Waals surface area contributed by atoms with Gasteiger partial charge in [0.25, 0.3) is 0 Å². The molecule has 4 nitrogen and oxygen atoms in total. The number of carboxylic acids is 1. The molecule has 4 heteroatoms. The Labute approximate surface area is 153 Å². The maximum absolute atomic E-state index is 12.1. The standard InChI is InChI=1S/C22H22N2O2/c1-2-15-11-8-12-17-18(16-9-4-3-5-10-16)21(24-13-6-7-14-24)20(22(25)26)23-19(15)17/h3-5,8-12H,2,6-7,13-14H2,1H3,(H,25,26). The molecule has 0 aliphatic carbocycles. The lowest BCUT2D eigenvalue weighted by Gasteiger charge is -2.25. The molecule has 1 saturated heterocycles. The van der Waals surface area contributed by atoms with Gasteiger partial charge in [0.2, 0.25) is 0 Å². The van der Waals surface area contributed by atoms with Gasteiger partial charge in [-0.25, -0.2) is 9.78 Å². The Hall–Kier alpha value is -2.88. The second-order valence-corrected chi connectivity index (χ2v) is 6.72. The Bertz CT molecular complexity index is 961. The number of nitrogens with zero attached hydrogens (tertiary/aromatic N) is 2. The second kappa shape index (κ2) is 6.79. The van der Waals surface area contributed by atoms with Crippen LogP contribution in [0.4, 0.5) is 5.69 Å². The van der Waals surface area contributed by atoms with E-state index >= 15 is 0 Å². The number of aryl methyl sites for hydroxylation is 1. The molecular formula is C22H22N2O2. The molecule has 4 rings (SSSR count). The average Bonchev–Trinajstić information content (AvgIpc) is 3.21. The van der Waals surface area contributed by atoms with E-state index in [0.29, 0.717) is 0 Å². The largest absolute Gasteiger partial charge is 0.476 e. The van der Waals surface area contributed by atoms with Crippen LogP contribution < -0.4 is 4.90 Å². The third kappa shape index (κ3) is 2.71. The molecule has 0 bridgehead atoms. The Morgan fingerprint density at radius 3 is 2.46 bits per heavy atom. The number of carboxylic acid groups (broad SMARTS) is 1. The molecule has 0 unspecified atom stereocenters. The van der Waals surface area contributed by atoms with Gasteiger partial charge in [0.05, 0.1) is 11.2 Å². The highest BCUT2D eigenvalue weighted by atomic mass is 16.4. The molecule has 1 aliphatic heterocycles. The molecule has 1 fully saturated rings. The lowest BCUT2D eigenvalue weighted by molar-refractivity contribution is 0.0691. The van der Waals surface area contributed by atoms with Crippen molar-refractivity contribution in [3.8, 4) is 11.1 Å². The van der Waals surface area contributed by atoms with Gasteiger partial charge in [-0.15, -0.1) is 0 Å². The van der Waals surface area contributed by atoms with Crippen molar-refractivity contribution in [3.63, 3.8) is 0 Å². The van der Waals surface area contributed by atoms with Crippen LogP contribution in [0.3, 0.4) is 0 Å². The maximum atomic E-state index is 12.1. The summed E-state index contributed by atoms with van der Waals surface area (Å²) in [5.41, 5.74) is 4.84. The summed E-state index contributed by atoms with van der Waals surface area (Å²) < 4.78 is 0. The molecule has 0 spiro atoms. The molecule has 0 saturated carbocycles. The molecule has 1 aliphatic rings. The van der Waals surface area contributed by atoms with E-state index in [9.17, 15) is 9.90 Å². The van der Waals surface area contributed by atoms with E-state index in [1.807, 2.05) is 30.3 Å². The minimum absolute atomic E-state index is 0.166. The first-order valence-corrected chi connectivity index (χ1v) is 9.20. The van der Waals surface area contributed by atoms with Crippen molar-refractivity contribution in [3.05, 3.63) is 59.8 Å². The fourth-order valence-corrected chi connectivity index (χ4v) is 3.92. The molecule has 0 radical (unpaired) electrons. The molecule has 2 heterocycles. The molecule has 1 N–H and O–H groups in total. The number of carbonyl (C=O) groups is 1. The Morgan fingerprint density at radius 1 is 1.08 bits per heavy atom. The quantitative estimate of drug-likeness (QED) is 0.740. The minimum atomic E-state index is -0.961. The van der Waals surface area contributed by atoms with Gasteiger partial charge >= 0.3 is 5.97 Å². The first kappa shape index (κ1) is 16.6. The van der Waals surface area contributed by atoms with Crippen molar-refractivity contribution < 1.29 is 9.90 Å². The van der Waals surface area contributed by atoms with Crippen LogP contribution in [-0.4, -0.2) is 29.1 Å². The zero-order valence-electron chi connectivity index (χ0n) is 14.9. The van der Waals surface area contributed by atoms with Crippen molar-refractivity contribution in [2.75, 3.05) is 18.0 Å². The number of fused-ring (bicyclic) bond motifs is 1. The van der Waals surface area contributed by atoms with E-state index < -0.39 is 5.97 Å². The number of pyridine rings is 1. The molecule has 2 aromatic carbocycles. The lowest BCUT2D eigenvalue weighted by atomic mass is 9.95. The lowest BCUT2D eigenvalue weighted by Crippen LogP contribution is -2.23. The highest BCUT2D eigenvalue weighted by molar-refractivity contribution is 6.08. The molecular weight excluding hydrogens is 324 g/mol. The number of hydrogen-bond acceptors (Lipinski definition) is 3. The summed E-state index contributed by atoms with van der Waals surface area (Å²) in [5.74, 6) is -0.961. The molecule has 0 atom stereocenters. The number of aromatic carboxylic acids is 1. The number of anilines is 1. The van der Waals surface area contributed by atoms with E-state index in [1.54, 1.807) is 0 Å². The van der Waals surface area contributed by atoms with Crippen LogP contribution in [0, 0.1) is 0 Å². The van der Waals surface area contributed by atoms with Crippen molar-refractivity contribution in [1.82, 2.24) is 4.98 Å². The normalized spacial score (nSPS) is 14.1. The van der Waals surface area contributed by atoms with Gasteiger partial charge in [-0.1, -0.05) is 55.5 Å². The van der Waals surface area contributed by atoms with E-state index in [2.05, 4.69) is 35.0 Å². The summed E-state index contributed by atoms with van der Waals surface area (Å²) in [7, 11) is 0. The molecule has 26 heavy (non-hydrogen) atoms. The third-order valence-electron chi connectivity index (χ3n) is 5.14. The topological polar surface area (TPSA) is 53.4 Å². The molecule has 132 valence electrons. The molecule has 0 amide bonds. The minimum Gasteiger partial charge on any atom is -0.476 e. The van der Waals surface area contributed by atoms with Gasteiger partial charge in [0, 0.05) is 24.0 Å². The zero-order chi connectivity index (χ0) is 18.1. The van der Waals surface area contributed by atoms with E-state index in [1.165, 1.54) is 0 Å². The summed E-state index contributed by atoms with van der Waals surface area (Å²) >= 11 is 0. The Kier molecular flexibility index (Phi) is 4.33. The van der Waals surface area contributed by atoms with Crippen molar-refractivity contribution in [1.29, 1.82) is 0 Å². The third-order valence-corrected chi connectivity index (χ3v) is 5.14. The fraction of sp³-hybridized carbons (Fsp3) is 0.273. The number of benzene rings is 2. The van der Waals surface area contributed by atoms with Gasteiger partial charge in [0.15, 0.2) is 5.69 Å². The van der Waals surface area contributed by atoms with E-state index in [0.717, 1.165) is 65.6 Å². The summed E-state index contributed by atoms with van der Waals surface area (Å²) in [4.78, 5) is 18.9. The monoisotopic (exact) mass is 346 g/mol. The van der Waals surface area contributed by atoms with Gasteiger partial charge in [-0.2, -0.15) is 0 Å². The highest BCUT2D eigenvalue weighted by Crippen LogP contribution is 2.41. The molecule has 3 aromatic rings. The van der Waals surface area contributed by atoms with Crippen LogP contribution in [0.2, 0.25) is 0 Å². The van der Waals surface area contributed by atoms with Crippen molar-refractivity contribution in [2.24, 2.45) is 0 Å². The number of aromatic nitrogens is 1. The number of hydrogen-bond donors (Lipinski definition) is 1. The van der Waals surface area contributed by atoms with Crippen LogP contribution in [0.1, 0.15) is 35.8 Å². The smallest absolute Gasteiger partial charge is 0.356 e. The summed E-state index contributed by atoms with van der Waals surface area (Å²) in [6, 6.07) is 16.2. The van der Waals surface area contributed by atoms with Gasteiger partial charge in [0.1, 0.15) is 0 Å².